The summed E-state index contributed by atoms with van der Waals surface area (Å²) < 4.78 is 200. The molecule has 8 aromatic carbocycles. The van der Waals surface area contributed by atoms with Gasteiger partial charge < -0.3 is 4.42 Å². The van der Waals surface area contributed by atoms with Gasteiger partial charge in [-0.15, -0.1) is 11.3 Å². The Morgan fingerprint density at radius 3 is 2.19 bits per heavy atom. The number of benzene rings is 8. The Labute approximate surface area is 334 Å². The van der Waals surface area contributed by atoms with Gasteiger partial charge in [-0.2, -0.15) is 0 Å². The van der Waals surface area contributed by atoms with Gasteiger partial charge in [0.2, 0.25) is 0 Å². The summed E-state index contributed by atoms with van der Waals surface area (Å²) in [6, 6.07) is -5.42. The predicted molar refractivity (Wildman–Crippen MR) is 219 cm³/mol. The first kappa shape index (κ1) is 14.9. The van der Waals surface area contributed by atoms with E-state index in [2.05, 4.69) is 9.97 Å². The predicted octanol–water partition coefficient (Wildman–Crippen LogP) is 13.7. The van der Waals surface area contributed by atoms with Crippen molar-refractivity contribution >= 4 is 75.1 Å². The van der Waals surface area contributed by atoms with Crippen LogP contribution in [0.15, 0.2) is 174 Å². The molecule has 3 nitrogen and oxygen atoms in total. The van der Waals surface area contributed by atoms with Gasteiger partial charge in [0, 0.05) is 31.1 Å². The summed E-state index contributed by atoms with van der Waals surface area (Å²) in [5, 5.41) is -1.17. The van der Waals surface area contributed by atoms with Gasteiger partial charge in [-0.25, -0.2) is 9.97 Å². The molecule has 0 amide bonds. The van der Waals surface area contributed by atoms with Crippen molar-refractivity contribution in [3.63, 3.8) is 0 Å². The minimum Gasteiger partial charge on any atom is -0.452 e. The molecule has 52 heavy (non-hydrogen) atoms. The molecule has 3 aromatic heterocycles. The molecule has 0 atom stereocenters. The van der Waals surface area contributed by atoms with Crippen LogP contribution in [0.2, 0.25) is 0 Å². The molecule has 0 bridgehead atoms. The van der Waals surface area contributed by atoms with E-state index in [0.717, 1.165) is 23.7 Å². The minimum atomic E-state index is -0.735. The van der Waals surface area contributed by atoms with Gasteiger partial charge in [0.05, 0.1) is 30.2 Å². The Morgan fingerprint density at radius 2 is 1.27 bits per heavy atom. The fourth-order valence-electron chi connectivity index (χ4n) is 6.18. The number of furan rings is 1. The molecule has 0 unspecified atom stereocenters. The van der Waals surface area contributed by atoms with E-state index in [4.69, 9.17) is 30.5 Å². The molecule has 0 aliphatic rings. The van der Waals surface area contributed by atoms with Gasteiger partial charge in [-0.05, 0) is 97.3 Å². The molecule has 11 aromatic rings. The van der Waals surface area contributed by atoms with E-state index in [1.807, 2.05) is 0 Å². The second-order valence-electron chi connectivity index (χ2n) is 11.6. The van der Waals surface area contributed by atoms with Gasteiger partial charge >= 0.3 is 0 Å². The lowest BCUT2D eigenvalue weighted by Crippen LogP contribution is -1.88. The SMILES string of the molecule is [2H]c1cc([2H])c(-c2c([2H])c([2H])c([2H])c3c2sc2c([2H])c([2H])c([2H])c([2H])c23)c([2H])c1-c1ncnc2c1oc1ccc(-c3cc([2H])c4c([2H])c(-c5c([2H])c([2H])c6c([2H])c([2H])c([2H])c([2H])c6c5[2H])c([2H])c([2H])c4c3[2H])cc12. The van der Waals surface area contributed by atoms with E-state index in [1.54, 1.807) is 12.1 Å². The number of rotatable bonds is 4. The lowest BCUT2D eigenvalue weighted by molar-refractivity contribution is 0.667. The molecule has 0 saturated heterocycles. The van der Waals surface area contributed by atoms with Crippen LogP contribution in [0.1, 0.15) is 30.2 Å². The van der Waals surface area contributed by atoms with Crippen molar-refractivity contribution in [3.05, 3.63) is 170 Å². The first-order valence-corrected chi connectivity index (χ1v) is 16.5. The van der Waals surface area contributed by atoms with Crippen molar-refractivity contribution in [2.24, 2.45) is 0 Å². The zero-order valence-electron chi connectivity index (χ0n) is 48.2. The van der Waals surface area contributed by atoms with Crippen molar-refractivity contribution in [2.75, 3.05) is 0 Å². The van der Waals surface area contributed by atoms with E-state index in [-0.39, 0.29) is 99.3 Å². The number of hydrogen-bond acceptors (Lipinski definition) is 4. The number of fused-ring (bicyclic) bond motifs is 8. The maximum absolute atomic E-state index is 9.56. The third-order valence-electron chi connectivity index (χ3n) is 8.60. The van der Waals surface area contributed by atoms with Crippen LogP contribution in [0.25, 0.3) is 108 Å². The monoisotopic (exact) mass is 702 g/mol. The molecule has 11 rings (SSSR count). The molecule has 0 fully saturated rings. The van der Waals surface area contributed by atoms with Gasteiger partial charge in [-0.3, -0.25) is 0 Å². The summed E-state index contributed by atoms with van der Waals surface area (Å²) in [5.41, 5.74) is -0.979. The topological polar surface area (TPSA) is 38.9 Å². The average Bonchev–Trinajstić information content (AvgIpc) is 3.98. The van der Waals surface area contributed by atoms with Crippen molar-refractivity contribution in [3.8, 4) is 44.6 Å². The molecule has 3 heterocycles. The number of thiophene rings is 1. The maximum Gasteiger partial charge on any atom is 0.180 e. The van der Waals surface area contributed by atoms with Gasteiger partial charge in [0.15, 0.2) is 5.58 Å². The summed E-state index contributed by atoms with van der Waals surface area (Å²) >= 11 is 0.832. The van der Waals surface area contributed by atoms with Gasteiger partial charge in [0.1, 0.15) is 23.1 Å². The minimum absolute atomic E-state index is 0.0261. The quantitative estimate of drug-likeness (QED) is 0.183. The van der Waals surface area contributed by atoms with Crippen LogP contribution < -0.4 is 0 Å². The van der Waals surface area contributed by atoms with Crippen molar-refractivity contribution in [1.29, 1.82) is 0 Å². The number of aromatic nitrogens is 2. The van der Waals surface area contributed by atoms with Crippen LogP contribution in [-0.4, -0.2) is 9.97 Å². The molecule has 4 heteroatoms. The van der Waals surface area contributed by atoms with E-state index in [1.165, 1.54) is 12.1 Å². The van der Waals surface area contributed by atoms with Crippen LogP contribution >= 0.6 is 11.3 Å². The third kappa shape index (κ3) is 4.65. The highest BCUT2D eigenvalue weighted by molar-refractivity contribution is 7.26. The zero-order chi connectivity index (χ0) is 53.3. The lowest BCUT2D eigenvalue weighted by atomic mass is 9.96. The standard InChI is InChI=1S/C48H28N2OS/c1-2-8-30-23-31(16-15-29(30)7-1)32-17-18-34-25-35(20-19-33(34)24-32)36-21-22-43-42(27-36)46-47(51-43)45(49-28-50-46)38-10-5-9-37(26-38)39-12-6-13-41-40-11-3-4-14-44(40)52-48(39)41/h1-28H/i1D,2D,3D,4D,6D,7D,8D,9D,10D,11D,12D,13D,14D,15D,16D,17D,18D,19D,23D,24D,25D,26D. The molecule has 0 N–H and O–H groups in total. The van der Waals surface area contributed by atoms with Crippen molar-refractivity contribution in [1.82, 2.24) is 9.97 Å². The molecule has 0 spiro atoms. The van der Waals surface area contributed by atoms with Crippen molar-refractivity contribution < 1.29 is 34.6 Å². The maximum atomic E-state index is 9.56. The summed E-state index contributed by atoms with van der Waals surface area (Å²) in [7, 11) is 0. The fourth-order valence-corrected chi connectivity index (χ4v) is 7.25. The first-order valence-electron chi connectivity index (χ1n) is 26.7. The zero-order valence-corrected chi connectivity index (χ0v) is 27.0. The Balaban J connectivity index is 1.08. The molecule has 0 aliphatic carbocycles. The molecule has 0 aliphatic heterocycles. The first-order chi connectivity index (χ1) is 34.9. The highest BCUT2D eigenvalue weighted by Crippen LogP contribution is 2.42. The van der Waals surface area contributed by atoms with Crippen molar-refractivity contribution in [2.45, 2.75) is 0 Å². The summed E-state index contributed by atoms with van der Waals surface area (Å²) in [4.78, 5) is 8.86. The molecular weight excluding hydrogens is 653 g/mol. The summed E-state index contributed by atoms with van der Waals surface area (Å²) in [6.45, 7) is 0. The Morgan fingerprint density at radius 1 is 0.519 bits per heavy atom. The Bertz CT molecular complexity index is 4470. The number of nitrogens with zero attached hydrogens (tertiary/aromatic N) is 2. The van der Waals surface area contributed by atoms with E-state index < -0.39 is 137 Å². The average molecular weight is 703 g/mol. The van der Waals surface area contributed by atoms with Crippen LogP contribution in [0, 0.1) is 0 Å². The molecular formula is C48H28N2OS. The lowest BCUT2D eigenvalue weighted by Gasteiger charge is -2.08. The van der Waals surface area contributed by atoms with Crippen LogP contribution in [-0.2, 0) is 0 Å². The smallest absolute Gasteiger partial charge is 0.180 e. The summed E-state index contributed by atoms with van der Waals surface area (Å²) in [6.07, 6.45) is 1.15. The van der Waals surface area contributed by atoms with Gasteiger partial charge in [0.25, 0.3) is 0 Å². The number of hydrogen-bond donors (Lipinski definition) is 0. The summed E-state index contributed by atoms with van der Waals surface area (Å²) in [5.74, 6) is 0. The largest absolute Gasteiger partial charge is 0.452 e. The second kappa shape index (κ2) is 11.5. The fraction of sp³-hybridized carbons (Fsp3) is 0. The van der Waals surface area contributed by atoms with Gasteiger partial charge in [-0.1, -0.05) is 121 Å². The van der Waals surface area contributed by atoms with E-state index in [0.29, 0.717) is 5.39 Å². The Kier molecular flexibility index (Phi) is 3.29. The molecule has 0 radical (unpaired) electrons. The Hall–Kier alpha value is -6.62. The van der Waals surface area contributed by atoms with E-state index in [9.17, 15) is 4.11 Å². The van der Waals surface area contributed by atoms with Crippen LogP contribution in [0.3, 0.4) is 0 Å². The second-order valence-corrected chi connectivity index (χ2v) is 12.6. The highest BCUT2D eigenvalue weighted by Gasteiger charge is 2.17. The molecule has 0 saturated carbocycles. The molecule has 242 valence electrons. The van der Waals surface area contributed by atoms with E-state index >= 15 is 0 Å². The normalized spacial score (nSPS) is 17.8. The van der Waals surface area contributed by atoms with Crippen LogP contribution in [0.4, 0.5) is 0 Å². The third-order valence-corrected chi connectivity index (χ3v) is 9.72. The highest BCUT2D eigenvalue weighted by atomic mass is 32.1. The van der Waals surface area contributed by atoms with Crippen LogP contribution in [0.5, 0.6) is 0 Å².